The third kappa shape index (κ3) is 11.1. The molecule has 7 aromatic heterocycles. The van der Waals surface area contributed by atoms with Crippen molar-refractivity contribution in [2.24, 2.45) is 0 Å². The van der Waals surface area contributed by atoms with Crippen molar-refractivity contribution >= 4 is 82.0 Å². The van der Waals surface area contributed by atoms with Crippen LogP contribution in [-0.2, 0) is 0 Å². The molecule has 14 aromatic carbocycles. The molecular weight excluding hydrogens is 1310 g/mol. The predicted molar refractivity (Wildman–Crippen MR) is 436 cm³/mol. The second kappa shape index (κ2) is 26.3. The van der Waals surface area contributed by atoms with Crippen LogP contribution in [-0.4, -0.2) is 53.4 Å². The molecule has 0 fully saturated rings. The van der Waals surface area contributed by atoms with E-state index in [0.29, 0.717) is 34.9 Å². The van der Waals surface area contributed by atoms with Gasteiger partial charge in [-0.3, -0.25) is 9.38 Å². The molecule has 0 unspecified atom stereocenters. The topological polar surface area (TPSA) is 117 Å². The molecule has 0 aliphatic heterocycles. The van der Waals surface area contributed by atoms with Crippen molar-refractivity contribution in [3.63, 3.8) is 0 Å². The Labute approximate surface area is 615 Å². The minimum Gasteiger partial charge on any atom is -0.316 e. The molecule has 0 bridgehead atoms. The Morgan fingerprint density at radius 3 is 1.33 bits per heavy atom. The summed E-state index contributed by atoms with van der Waals surface area (Å²) >= 11 is 0. The number of para-hydroxylation sites is 4. The zero-order valence-electron chi connectivity index (χ0n) is 57.6. The van der Waals surface area contributed by atoms with Gasteiger partial charge in [-0.15, -0.1) is 0 Å². The van der Waals surface area contributed by atoms with Crippen LogP contribution in [0, 0.1) is 0 Å². The quantitative estimate of drug-likeness (QED) is 0.118. The summed E-state index contributed by atoms with van der Waals surface area (Å²) in [5.74, 6) is 3.76. The Kier molecular flexibility index (Phi) is 15.3. The van der Waals surface area contributed by atoms with Crippen molar-refractivity contribution in [2.75, 3.05) is 0 Å². The first-order valence-corrected chi connectivity index (χ1v) is 35.8. The van der Waals surface area contributed by atoms with Crippen molar-refractivity contribution in [3.8, 4) is 113 Å². The highest BCUT2D eigenvalue weighted by molar-refractivity contribution is 6.25. The average Bonchev–Trinajstić information content (AvgIpc) is 1.62. The first kappa shape index (κ1) is 62.1. The third-order valence-electron chi connectivity index (χ3n) is 20.2. The van der Waals surface area contributed by atoms with Gasteiger partial charge < -0.3 is 9.13 Å². The summed E-state index contributed by atoms with van der Waals surface area (Å²) in [6.07, 6.45) is 4.07. The zero-order chi connectivity index (χ0) is 70.7. The van der Waals surface area contributed by atoms with E-state index >= 15 is 0 Å². The van der Waals surface area contributed by atoms with E-state index in [1.807, 2.05) is 115 Å². The van der Waals surface area contributed by atoms with Crippen molar-refractivity contribution in [1.82, 2.24) is 53.4 Å². The lowest BCUT2D eigenvalue weighted by molar-refractivity contribution is 1.07. The standard InChI is InChI=1S/C53H35N5.C43H26N6/c1-5-17-36(18-6-1)46-35-47-44-29-13-14-30-48(44)58(50(47)45-31-32-57(49(45)46)42-26-11-4-12-27-42)43-28-16-24-40(34-43)39-23-15-25-41(33-39)53-55-51(37-19-7-2-8-20-37)54-52(56-53)38-21-9-3-10-22-38;1-3-12-27(13-4-1)28-21-23-30(24-22-28)41-46-40(29-14-5-2-6-15-29)47-42(48-41)33-26-34-38(32-17-8-7-16-31(32)33)43-45-35-18-9-10-19-36(35)49(43)37-20-11-25-44-39(34)37/h1-35H;1-26H. The molecule has 11 nitrogen and oxygen atoms in total. The van der Waals surface area contributed by atoms with Crippen LogP contribution in [0.4, 0.5) is 0 Å². The maximum Gasteiger partial charge on any atom is 0.164 e. The first-order valence-electron chi connectivity index (χ1n) is 35.8. The Morgan fingerprint density at radius 1 is 0.234 bits per heavy atom. The summed E-state index contributed by atoms with van der Waals surface area (Å²) in [4.78, 5) is 40.4. The fourth-order valence-electron chi connectivity index (χ4n) is 15.3. The van der Waals surface area contributed by atoms with Gasteiger partial charge >= 0.3 is 0 Å². The van der Waals surface area contributed by atoms with E-state index in [9.17, 15) is 0 Å². The lowest BCUT2D eigenvalue weighted by Crippen LogP contribution is -2.01. The van der Waals surface area contributed by atoms with Crippen LogP contribution >= 0.6 is 0 Å². The van der Waals surface area contributed by atoms with Crippen LogP contribution in [0.25, 0.3) is 195 Å². The van der Waals surface area contributed by atoms with Crippen molar-refractivity contribution < 1.29 is 0 Å². The fourth-order valence-corrected chi connectivity index (χ4v) is 15.3. The highest BCUT2D eigenvalue weighted by Crippen LogP contribution is 2.45. The van der Waals surface area contributed by atoms with Gasteiger partial charge in [-0.25, -0.2) is 34.9 Å². The molecule has 0 saturated carbocycles. The number of benzene rings is 14. The molecule has 0 aliphatic carbocycles. The minimum absolute atomic E-state index is 0.603. The van der Waals surface area contributed by atoms with Crippen LogP contribution < -0.4 is 0 Å². The van der Waals surface area contributed by atoms with E-state index in [2.05, 4.69) is 268 Å². The molecule has 0 aliphatic rings. The van der Waals surface area contributed by atoms with Crippen LogP contribution in [0.5, 0.6) is 0 Å². The van der Waals surface area contributed by atoms with Gasteiger partial charge in [0.1, 0.15) is 5.65 Å². The average molecular weight is 1370 g/mol. The highest BCUT2D eigenvalue weighted by atomic mass is 15.1. The Bertz CT molecular complexity index is 6910. The summed E-state index contributed by atoms with van der Waals surface area (Å²) in [5, 5.41) is 7.79. The summed E-state index contributed by atoms with van der Waals surface area (Å²) in [6, 6.07) is 124. The van der Waals surface area contributed by atoms with Crippen LogP contribution in [0.2, 0.25) is 0 Å². The van der Waals surface area contributed by atoms with Gasteiger partial charge in [-0.2, -0.15) is 0 Å². The molecule has 0 spiro atoms. The SMILES string of the molecule is c1ccc(-c2ccc(-c3nc(-c4ccccc4)nc(-c4cc5c6ncccc6n6c7ccccc7nc6c5c5ccccc45)n3)cc2)cc1.c1ccc(-c2nc(-c3ccccc3)nc(-c3cccc(-c4cccc(-n5c6ccccc6c6cc(-c7ccccc7)c7c(ccn7-c7ccccc7)c65)c4)c3)n2)cc1. The number of rotatable bonds is 11. The Balaban J connectivity index is 0.000000143. The molecule has 7 heterocycles. The second-order valence-corrected chi connectivity index (χ2v) is 26.6. The van der Waals surface area contributed by atoms with E-state index in [0.717, 1.165) is 116 Å². The molecule has 0 radical (unpaired) electrons. The lowest BCUT2D eigenvalue weighted by atomic mass is 9.96. The molecule has 21 aromatic rings. The van der Waals surface area contributed by atoms with E-state index in [1.54, 1.807) is 0 Å². The minimum atomic E-state index is 0.603. The number of hydrogen-bond acceptors (Lipinski definition) is 8. The van der Waals surface area contributed by atoms with E-state index in [1.165, 1.54) is 43.9 Å². The van der Waals surface area contributed by atoms with Gasteiger partial charge in [-0.05, 0) is 117 Å². The zero-order valence-corrected chi connectivity index (χ0v) is 57.6. The van der Waals surface area contributed by atoms with Gasteiger partial charge in [0.2, 0.25) is 0 Å². The molecule has 0 N–H and O–H groups in total. The molecule has 0 atom stereocenters. The van der Waals surface area contributed by atoms with Crippen molar-refractivity contribution in [3.05, 3.63) is 370 Å². The molecule has 0 saturated heterocycles. The van der Waals surface area contributed by atoms with Gasteiger partial charge in [0.05, 0.1) is 38.6 Å². The lowest BCUT2D eigenvalue weighted by Gasteiger charge is -2.15. The molecule has 21 rings (SSSR count). The van der Waals surface area contributed by atoms with E-state index in [-0.39, 0.29) is 0 Å². The maximum absolute atomic E-state index is 5.18. The monoisotopic (exact) mass is 1370 g/mol. The highest BCUT2D eigenvalue weighted by Gasteiger charge is 2.25. The molecule has 500 valence electrons. The first-order chi connectivity index (χ1) is 53.1. The number of hydrogen-bond donors (Lipinski definition) is 0. The Morgan fingerprint density at radius 2 is 0.682 bits per heavy atom. The van der Waals surface area contributed by atoms with Crippen molar-refractivity contribution in [1.29, 1.82) is 0 Å². The van der Waals surface area contributed by atoms with Crippen LogP contribution in [0.1, 0.15) is 0 Å². The summed E-state index contributed by atoms with van der Waals surface area (Å²) < 4.78 is 7.00. The number of nitrogens with zero attached hydrogens (tertiary/aromatic N) is 11. The summed E-state index contributed by atoms with van der Waals surface area (Å²) in [5.41, 5.74) is 23.0. The number of aromatic nitrogens is 11. The van der Waals surface area contributed by atoms with E-state index in [4.69, 9.17) is 39.9 Å². The van der Waals surface area contributed by atoms with Crippen LogP contribution in [0.3, 0.4) is 0 Å². The van der Waals surface area contributed by atoms with Crippen molar-refractivity contribution in [2.45, 2.75) is 0 Å². The van der Waals surface area contributed by atoms with Gasteiger partial charge in [0.25, 0.3) is 0 Å². The molecule has 0 amide bonds. The van der Waals surface area contributed by atoms with Gasteiger partial charge in [0.15, 0.2) is 34.9 Å². The fraction of sp³-hybridized carbons (Fsp3) is 0. The molecule has 11 heteroatoms. The third-order valence-corrected chi connectivity index (χ3v) is 20.2. The number of pyridine rings is 2. The number of imidazole rings is 1. The normalized spacial score (nSPS) is 11.6. The molecule has 107 heavy (non-hydrogen) atoms. The largest absolute Gasteiger partial charge is 0.316 e. The van der Waals surface area contributed by atoms with Gasteiger partial charge in [0, 0.05) is 89.6 Å². The molecular formula is C96H61N11. The van der Waals surface area contributed by atoms with Gasteiger partial charge in [-0.1, -0.05) is 279 Å². The maximum atomic E-state index is 5.18. The number of fused-ring (bicyclic) bond motifs is 15. The van der Waals surface area contributed by atoms with Crippen LogP contribution in [0.15, 0.2) is 370 Å². The second-order valence-electron chi connectivity index (χ2n) is 26.6. The summed E-state index contributed by atoms with van der Waals surface area (Å²) in [7, 11) is 0. The van der Waals surface area contributed by atoms with E-state index < -0.39 is 0 Å². The smallest absolute Gasteiger partial charge is 0.164 e. The summed E-state index contributed by atoms with van der Waals surface area (Å²) in [6.45, 7) is 0. The predicted octanol–water partition coefficient (Wildman–Crippen LogP) is 23.4. The Hall–Kier alpha value is -14.7.